The monoisotopic (exact) mass is 362 g/mol. The van der Waals surface area contributed by atoms with E-state index in [1.54, 1.807) is 38.5 Å². The van der Waals surface area contributed by atoms with Crippen molar-refractivity contribution in [3.8, 4) is 0 Å². The zero-order chi connectivity index (χ0) is 18.2. The zero-order valence-corrected chi connectivity index (χ0v) is 18.2. The van der Waals surface area contributed by atoms with Crippen molar-refractivity contribution < 1.29 is 0 Å². The van der Waals surface area contributed by atoms with E-state index in [2.05, 4.69) is 41.5 Å². The summed E-state index contributed by atoms with van der Waals surface area (Å²) in [6.07, 6.45) is 16.6. The zero-order valence-electron chi connectivity index (χ0n) is 18.2. The molecule has 0 bridgehead atoms. The van der Waals surface area contributed by atoms with Gasteiger partial charge in [0.15, 0.2) is 0 Å². The van der Waals surface area contributed by atoms with Crippen molar-refractivity contribution in [1.82, 2.24) is 0 Å². The molecule has 0 spiro atoms. The van der Waals surface area contributed by atoms with Gasteiger partial charge in [0, 0.05) is 0 Å². The van der Waals surface area contributed by atoms with Gasteiger partial charge in [-0.1, -0.05) is 74.7 Å². The summed E-state index contributed by atoms with van der Waals surface area (Å²) in [4.78, 5) is 0. The predicted octanol–water partition coefficient (Wildman–Crippen LogP) is 8.74. The fraction of sp³-hybridized carbons (Fsp3) is 1.00. The first-order valence-corrected chi connectivity index (χ1v) is 11.9. The molecule has 4 aliphatic carbocycles. The van der Waals surface area contributed by atoms with E-state index in [0.29, 0.717) is 5.41 Å². The van der Waals surface area contributed by atoms with Crippen LogP contribution in [-0.2, 0) is 0 Å². The molecule has 0 aromatic heterocycles. The lowest BCUT2D eigenvalue weighted by molar-refractivity contribution is -0.0309. The van der Waals surface area contributed by atoms with E-state index in [1.165, 1.54) is 32.1 Å². The fourth-order valence-corrected chi connectivity index (χ4v) is 8.21. The molecule has 0 saturated heterocycles. The molecular formula is C26H50. The molecule has 154 valence electrons. The van der Waals surface area contributed by atoms with Crippen LogP contribution in [0.15, 0.2) is 0 Å². The molecule has 26 heavy (non-hydrogen) atoms. The summed E-state index contributed by atoms with van der Waals surface area (Å²) >= 11 is 0. The molecular weight excluding hydrogens is 312 g/mol. The maximum Gasteiger partial charge on any atom is -0.0261 e. The van der Waals surface area contributed by atoms with E-state index < -0.39 is 0 Å². The van der Waals surface area contributed by atoms with Gasteiger partial charge in [-0.3, -0.25) is 0 Å². The lowest BCUT2D eigenvalue weighted by atomic mass is 9.52. The van der Waals surface area contributed by atoms with Crippen molar-refractivity contribution in [2.45, 2.75) is 120 Å². The molecule has 0 nitrogen and oxygen atoms in total. The fourth-order valence-electron chi connectivity index (χ4n) is 8.21. The molecule has 7 atom stereocenters. The summed E-state index contributed by atoms with van der Waals surface area (Å²) in [5.74, 6) is 6.24. The van der Waals surface area contributed by atoms with Gasteiger partial charge in [-0.15, -0.1) is 0 Å². The third-order valence-corrected chi connectivity index (χ3v) is 9.63. The summed E-state index contributed by atoms with van der Waals surface area (Å²) in [6.45, 7) is 14.8. The number of hydrogen-bond acceptors (Lipinski definition) is 0. The molecule has 0 aromatic rings. The molecule has 0 heteroatoms. The third-order valence-electron chi connectivity index (χ3n) is 9.63. The normalized spacial score (nSPS) is 46.5. The number of rotatable bonds is 2. The Morgan fingerprint density at radius 2 is 1.50 bits per heavy atom. The topological polar surface area (TPSA) is 0 Å². The Kier molecular flexibility index (Phi) is 7.34. The summed E-state index contributed by atoms with van der Waals surface area (Å²) in [5.41, 5.74) is 1.41. The predicted molar refractivity (Wildman–Crippen MR) is 117 cm³/mol. The minimum Gasteiger partial charge on any atom is -0.0776 e. The number of unbranched alkanes of at least 4 members (excludes halogenated alkanes) is 1. The second-order valence-electron chi connectivity index (χ2n) is 11.0. The lowest BCUT2D eigenvalue weighted by Gasteiger charge is -2.53. The first-order valence-electron chi connectivity index (χ1n) is 11.9. The van der Waals surface area contributed by atoms with Gasteiger partial charge in [0.2, 0.25) is 0 Å². The Balaban J connectivity index is 0.000000444. The molecule has 4 rings (SSSR count). The second kappa shape index (κ2) is 8.57. The highest BCUT2D eigenvalue weighted by Gasteiger charge is 2.63. The van der Waals surface area contributed by atoms with Gasteiger partial charge in [-0.2, -0.15) is 0 Å². The van der Waals surface area contributed by atoms with Crippen molar-refractivity contribution >= 4 is 0 Å². The SMILES string of the molecule is C.CC(C)C1CCC2C3CCC4CCCCC4(C)C3CC12C.CCCC. The van der Waals surface area contributed by atoms with E-state index in [0.717, 1.165) is 40.9 Å². The summed E-state index contributed by atoms with van der Waals surface area (Å²) in [6, 6.07) is 0. The van der Waals surface area contributed by atoms with Crippen LogP contribution < -0.4 is 0 Å². The van der Waals surface area contributed by atoms with Crippen molar-refractivity contribution in [2.24, 2.45) is 46.3 Å². The summed E-state index contributed by atoms with van der Waals surface area (Å²) < 4.78 is 0. The number of fused-ring (bicyclic) bond motifs is 5. The number of hydrogen-bond donors (Lipinski definition) is 0. The maximum atomic E-state index is 2.71. The van der Waals surface area contributed by atoms with Crippen LogP contribution in [0.2, 0.25) is 0 Å². The van der Waals surface area contributed by atoms with Crippen molar-refractivity contribution in [1.29, 1.82) is 0 Å². The maximum absolute atomic E-state index is 2.71. The molecule has 0 aromatic carbocycles. The minimum atomic E-state index is 0. The minimum absolute atomic E-state index is 0. The highest BCUT2D eigenvalue weighted by Crippen LogP contribution is 2.71. The van der Waals surface area contributed by atoms with Gasteiger partial charge >= 0.3 is 0 Å². The van der Waals surface area contributed by atoms with Crippen molar-refractivity contribution in [3.05, 3.63) is 0 Å². The molecule has 0 aliphatic heterocycles. The van der Waals surface area contributed by atoms with Gasteiger partial charge in [-0.05, 0) is 91.3 Å². The van der Waals surface area contributed by atoms with Crippen LogP contribution in [0.4, 0.5) is 0 Å². The summed E-state index contributed by atoms with van der Waals surface area (Å²) in [5, 5.41) is 0. The summed E-state index contributed by atoms with van der Waals surface area (Å²) in [7, 11) is 0. The molecule has 4 aliphatic rings. The highest BCUT2D eigenvalue weighted by atomic mass is 14.7. The van der Waals surface area contributed by atoms with Crippen LogP contribution in [-0.4, -0.2) is 0 Å². The quantitative estimate of drug-likeness (QED) is 0.460. The van der Waals surface area contributed by atoms with Crippen LogP contribution in [0, 0.1) is 46.3 Å². The van der Waals surface area contributed by atoms with Crippen LogP contribution in [0.1, 0.15) is 120 Å². The Bertz CT molecular complexity index is 435. The Morgan fingerprint density at radius 3 is 2.12 bits per heavy atom. The van der Waals surface area contributed by atoms with Crippen molar-refractivity contribution in [3.63, 3.8) is 0 Å². The molecule has 7 unspecified atom stereocenters. The van der Waals surface area contributed by atoms with Crippen LogP contribution >= 0.6 is 0 Å². The van der Waals surface area contributed by atoms with Gasteiger partial charge < -0.3 is 0 Å². The van der Waals surface area contributed by atoms with E-state index >= 15 is 0 Å². The molecule has 4 saturated carbocycles. The van der Waals surface area contributed by atoms with Crippen LogP contribution in [0.3, 0.4) is 0 Å². The Hall–Kier alpha value is 0. The molecule has 0 N–H and O–H groups in total. The van der Waals surface area contributed by atoms with E-state index in [4.69, 9.17) is 0 Å². The van der Waals surface area contributed by atoms with Crippen LogP contribution in [0.5, 0.6) is 0 Å². The van der Waals surface area contributed by atoms with Gasteiger partial charge in [0.25, 0.3) is 0 Å². The van der Waals surface area contributed by atoms with E-state index in [1.807, 2.05) is 0 Å². The third kappa shape index (κ3) is 3.53. The van der Waals surface area contributed by atoms with E-state index in [9.17, 15) is 0 Å². The highest BCUT2D eigenvalue weighted by molar-refractivity contribution is 5.12. The molecule has 0 heterocycles. The molecule has 0 radical (unpaired) electrons. The molecule has 4 fully saturated rings. The average Bonchev–Trinajstić information content (AvgIpc) is 3.07. The first-order chi connectivity index (χ1) is 11.9. The lowest BCUT2D eigenvalue weighted by Crippen LogP contribution is -2.44. The first kappa shape index (κ1) is 22.3. The second-order valence-corrected chi connectivity index (χ2v) is 11.0. The standard InChI is InChI=1S/C21H36.C4H10.CH4/c1-14(2)17-10-11-18-16-9-8-15-7-5-6-12-20(15,3)19(16)13-21(17,18)4;1-3-4-2;/h14-19H,5-13H2,1-4H3;3-4H2,1-2H3;1H4. The molecule has 0 amide bonds. The van der Waals surface area contributed by atoms with Crippen LogP contribution in [0.25, 0.3) is 0 Å². The average molecular weight is 363 g/mol. The van der Waals surface area contributed by atoms with E-state index in [-0.39, 0.29) is 7.43 Å². The largest absolute Gasteiger partial charge is 0.0776 e. The van der Waals surface area contributed by atoms with Gasteiger partial charge in [0.1, 0.15) is 0 Å². The van der Waals surface area contributed by atoms with Gasteiger partial charge in [0.05, 0.1) is 0 Å². The smallest absolute Gasteiger partial charge is 0.0261 e. The van der Waals surface area contributed by atoms with Crippen molar-refractivity contribution in [2.75, 3.05) is 0 Å². The van der Waals surface area contributed by atoms with Gasteiger partial charge in [-0.25, -0.2) is 0 Å². The Labute approximate surface area is 166 Å². The Morgan fingerprint density at radius 1 is 0.808 bits per heavy atom.